The maximum absolute atomic E-state index is 14.1. The quantitative estimate of drug-likeness (QED) is 0.0772. The molecule has 1 aliphatic rings. The van der Waals surface area contributed by atoms with Gasteiger partial charge in [-0.3, -0.25) is 19.3 Å². The van der Waals surface area contributed by atoms with Crippen molar-refractivity contribution in [2.75, 3.05) is 0 Å². The topological polar surface area (TPSA) is 121 Å². The first-order chi connectivity index (χ1) is 21.7. The summed E-state index contributed by atoms with van der Waals surface area (Å²) >= 11 is 0.935. The van der Waals surface area contributed by atoms with E-state index in [1.54, 1.807) is 0 Å². The van der Waals surface area contributed by atoms with E-state index < -0.39 is 48.6 Å². The Hall–Kier alpha value is -4.56. The number of carbonyl (C=O) groups is 4. The van der Waals surface area contributed by atoms with Gasteiger partial charge in [-0.15, -0.1) is 17.9 Å². The van der Waals surface area contributed by atoms with Gasteiger partial charge >= 0.3 is 11.9 Å². The summed E-state index contributed by atoms with van der Waals surface area (Å²) < 4.78 is 6.27. The summed E-state index contributed by atoms with van der Waals surface area (Å²) in [6.07, 6.45) is -0.0356. The minimum atomic E-state index is -3.14. The molecule has 5 rings (SSSR count). The number of aromatic carboxylic acids is 1. The number of esters is 1. The molecule has 4 aromatic rings. The molecule has 1 fully saturated rings. The van der Waals surface area contributed by atoms with Crippen molar-refractivity contribution in [3.8, 4) is 0 Å². The lowest BCUT2D eigenvalue weighted by Gasteiger charge is -2.50. The molecular weight excluding hydrogens is 609 g/mol. The zero-order valence-corrected chi connectivity index (χ0v) is 26.2. The molecule has 3 atom stereocenters. The van der Waals surface area contributed by atoms with Gasteiger partial charge in [0.2, 0.25) is 11.5 Å². The minimum absolute atomic E-state index is 0.0137. The molecule has 1 aromatic heterocycles. The number of benzene rings is 3. The average Bonchev–Trinajstić information content (AvgIpc) is 3.54. The fourth-order valence-electron chi connectivity index (χ4n) is 5.73. The Labute approximate surface area is 265 Å². The molecule has 0 aliphatic carbocycles. The van der Waals surface area contributed by atoms with Crippen LogP contribution in [0.5, 0.6) is 0 Å². The second-order valence-electron chi connectivity index (χ2n) is 10.6. The highest BCUT2D eigenvalue weighted by Crippen LogP contribution is 2.50. The lowest BCUT2D eigenvalue weighted by molar-refractivity contribution is -0.157. The normalized spacial score (nSPS) is 16.8. The molecule has 2 N–H and O–H groups in total. The first-order valence-corrected chi connectivity index (χ1v) is 17.0. The maximum atomic E-state index is 14.1. The average molecular weight is 642 g/mol. The Morgan fingerprint density at radius 1 is 0.956 bits per heavy atom. The predicted octanol–water partition coefficient (Wildman–Crippen LogP) is 4.43. The van der Waals surface area contributed by atoms with E-state index in [0.717, 1.165) is 27.3 Å². The molecule has 3 aromatic carbocycles. The van der Waals surface area contributed by atoms with Gasteiger partial charge in [0.15, 0.2) is 5.78 Å². The molecule has 0 radical (unpaired) electrons. The number of amides is 1. The second-order valence-corrected chi connectivity index (χ2v) is 14.8. The largest absolute Gasteiger partial charge is 0.477 e. The highest BCUT2D eigenvalue weighted by atomic mass is 32.1. The number of hydrogen-bond acceptors (Lipinski definition) is 7. The maximum Gasteiger partial charge on any atom is 0.345 e. The third-order valence-corrected chi connectivity index (χ3v) is 12.8. The van der Waals surface area contributed by atoms with E-state index in [1.165, 1.54) is 29.3 Å². The first kappa shape index (κ1) is 31.9. The second kappa shape index (κ2) is 13.6. The van der Waals surface area contributed by atoms with Gasteiger partial charge in [0.05, 0.1) is 24.5 Å². The molecule has 1 aliphatic heterocycles. The van der Waals surface area contributed by atoms with Crippen molar-refractivity contribution >= 4 is 63.4 Å². The van der Waals surface area contributed by atoms with Crippen molar-refractivity contribution < 1.29 is 34.1 Å². The molecule has 1 saturated heterocycles. The number of nitrogens with zero attached hydrogens (tertiary/aromatic N) is 1. The van der Waals surface area contributed by atoms with Gasteiger partial charge in [-0.05, 0) is 28.9 Å². The molecule has 230 valence electrons. The summed E-state index contributed by atoms with van der Waals surface area (Å²) in [7, 11) is 0. The van der Waals surface area contributed by atoms with Crippen LogP contribution in [0.25, 0.3) is 0 Å². The SMILES string of the molecule is C=CCC(=O)OC(N1C(=O)C(C(C)O)C1CC(=O)c1csc(C(=O)O)c1)=P(c1ccccc1)(c1ccccc1)c1ccccc1. The summed E-state index contributed by atoms with van der Waals surface area (Å²) in [5.41, 5.74) is 0.288. The van der Waals surface area contributed by atoms with Crippen molar-refractivity contribution in [3.63, 3.8) is 0 Å². The van der Waals surface area contributed by atoms with E-state index in [9.17, 15) is 29.4 Å². The van der Waals surface area contributed by atoms with Gasteiger partial charge < -0.3 is 14.9 Å². The third kappa shape index (κ3) is 6.07. The van der Waals surface area contributed by atoms with E-state index in [4.69, 9.17) is 4.74 Å². The number of thiophene rings is 1. The van der Waals surface area contributed by atoms with Gasteiger partial charge in [-0.2, -0.15) is 0 Å². The number of carboxylic acid groups (broad SMARTS) is 1. The van der Waals surface area contributed by atoms with Gasteiger partial charge in [0.1, 0.15) is 4.88 Å². The number of rotatable bonds is 12. The van der Waals surface area contributed by atoms with Crippen LogP contribution in [0, 0.1) is 5.92 Å². The highest BCUT2D eigenvalue weighted by molar-refractivity contribution is 7.95. The van der Waals surface area contributed by atoms with E-state index in [-0.39, 0.29) is 28.9 Å². The number of β-lactam (4-membered cyclic amide) rings is 1. The Morgan fingerprint density at radius 2 is 1.47 bits per heavy atom. The number of likely N-dealkylation sites (tertiary alicyclic amines) is 1. The summed E-state index contributed by atoms with van der Waals surface area (Å²) in [4.78, 5) is 53.9. The van der Waals surface area contributed by atoms with Crippen molar-refractivity contribution in [1.29, 1.82) is 0 Å². The molecule has 1 amide bonds. The number of aliphatic hydroxyl groups excluding tert-OH is 1. The lowest BCUT2D eigenvalue weighted by Crippen LogP contribution is -2.67. The van der Waals surface area contributed by atoms with E-state index >= 15 is 0 Å². The number of carboxylic acids is 1. The minimum Gasteiger partial charge on any atom is -0.477 e. The fourth-order valence-corrected chi connectivity index (χ4v) is 10.7. The van der Waals surface area contributed by atoms with Gasteiger partial charge in [0, 0.05) is 24.3 Å². The predicted molar refractivity (Wildman–Crippen MR) is 177 cm³/mol. The molecular formula is C35H32NO7PS. The molecule has 0 bridgehead atoms. The highest BCUT2D eigenvalue weighted by Gasteiger charge is 2.55. The Kier molecular flexibility index (Phi) is 9.63. The summed E-state index contributed by atoms with van der Waals surface area (Å²) in [5.74, 6) is -3.60. The molecule has 0 saturated carbocycles. The van der Waals surface area contributed by atoms with Crippen molar-refractivity contribution in [1.82, 2.24) is 4.90 Å². The number of ether oxygens (including phenoxy) is 1. The lowest BCUT2D eigenvalue weighted by atomic mass is 9.80. The van der Waals surface area contributed by atoms with Crippen LogP contribution in [0.15, 0.2) is 115 Å². The van der Waals surface area contributed by atoms with Crippen LogP contribution < -0.4 is 15.9 Å². The van der Waals surface area contributed by atoms with Crippen LogP contribution in [-0.2, 0) is 14.3 Å². The number of aliphatic hydroxyl groups is 1. The standard InChI is InChI=1S/C35H32NO7PS/c1-3-13-31(39)43-35(36-28(32(23(2)37)33(36)40)21-29(38)24-20-30(34(41)42)45-22-24)44(25-14-7-4-8-15-25,26-16-9-5-10-17-26)27-18-11-6-12-19-27/h3-12,14-20,22-23,28,32,37H,1,13,21H2,2H3,(H,41,42). The molecule has 10 heteroatoms. The van der Waals surface area contributed by atoms with Crippen LogP contribution in [-0.4, -0.2) is 56.5 Å². The number of ketones is 1. The zero-order chi connectivity index (χ0) is 32.1. The van der Waals surface area contributed by atoms with E-state index in [1.807, 2.05) is 91.0 Å². The van der Waals surface area contributed by atoms with Crippen molar-refractivity contribution in [2.24, 2.45) is 5.92 Å². The summed E-state index contributed by atoms with van der Waals surface area (Å²) in [5, 5.41) is 24.0. The van der Waals surface area contributed by atoms with Crippen LogP contribution in [0.3, 0.4) is 0 Å². The zero-order valence-electron chi connectivity index (χ0n) is 24.5. The number of hydrogen-bond donors (Lipinski definition) is 2. The van der Waals surface area contributed by atoms with Gasteiger partial charge in [-0.25, -0.2) is 4.79 Å². The molecule has 8 nitrogen and oxygen atoms in total. The third-order valence-electron chi connectivity index (χ3n) is 7.75. The van der Waals surface area contributed by atoms with Crippen LogP contribution in [0.2, 0.25) is 0 Å². The Balaban J connectivity index is 1.82. The van der Waals surface area contributed by atoms with Crippen molar-refractivity contribution in [2.45, 2.75) is 31.9 Å². The number of Topliss-reactive ketones (excluding diaryl/α,β-unsaturated/α-hetero) is 1. The van der Waals surface area contributed by atoms with E-state index in [0.29, 0.717) is 0 Å². The van der Waals surface area contributed by atoms with Gasteiger partial charge in [-0.1, -0.05) is 97.1 Å². The first-order valence-electron chi connectivity index (χ1n) is 14.3. The smallest absolute Gasteiger partial charge is 0.345 e. The summed E-state index contributed by atoms with van der Waals surface area (Å²) in [6.45, 7) is 2.02. The number of carbonyl (C=O) groups excluding carboxylic acids is 3. The Bertz CT molecular complexity index is 1680. The molecule has 2 heterocycles. The van der Waals surface area contributed by atoms with Gasteiger partial charge in [0.25, 0.3) is 0 Å². The molecule has 3 unspecified atom stereocenters. The Morgan fingerprint density at radius 3 is 1.89 bits per heavy atom. The van der Waals surface area contributed by atoms with E-state index in [2.05, 4.69) is 6.58 Å². The monoisotopic (exact) mass is 641 g/mol. The van der Waals surface area contributed by atoms with Crippen LogP contribution in [0.4, 0.5) is 0 Å². The van der Waals surface area contributed by atoms with Crippen molar-refractivity contribution in [3.05, 3.63) is 126 Å². The van der Waals surface area contributed by atoms with Crippen LogP contribution in [0.1, 0.15) is 39.8 Å². The molecule has 0 spiro atoms. The molecule has 45 heavy (non-hydrogen) atoms. The van der Waals surface area contributed by atoms with Crippen LogP contribution >= 0.6 is 18.2 Å². The fraction of sp³-hybridized carbons (Fsp3) is 0.171. The summed E-state index contributed by atoms with van der Waals surface area (Å²) in [6, 6.07) is 29.0.